The fraction of sp³-hybridized carbons (Fsp3) is 0.250. The van der Waals surface area contributed by atoms with Crippen LogP contribution < -0.4 is 0 Å². The van der Waals surface area contributed by atoms with Gasteiger partial charge in [0.15, 0.2) is 0 Å². The summed E-state index contributed by atoms with van der Waals surface area (Å²) >= 11 is 2.02. The second kappa shape index (κ2) is 4.72. The maximum atomic E-state index is 13.6. The number of hydrogen-bond acceptors (Lipinski definition) is 1. The van der Waals surface area contributed by atoms with E-state index in [-0.39, 0.29) is 15.4 Å². The number of alkyl halides is 1. The van der Waals surface area contributed by atoms with E-state index in [0.29, 0.717) is 12.1 Å². The highest BCUT2D eigenvalue weighted by atomic mass is 127. The van der Waals surface area contributed by atoms with Crippen LogP contribution in [-0.4, -0.2) is 21.8 Å². The second-order valence-corrected chi connectivity index (χ2v) is 5.29. The van der Waals surface area contributed by atoms with Gasteiger partial charge >= 0.3 is 0 Å². The Morgan fingerprint density at radius 3 is 2.53 bits per heavy atom. The van der Waals surface area contributed by atoms with Gasteiger partial charge in [0.05, 0.1) is 15.2 Å². The number of rotatable bonds is 1. The lowest BCUT2D eigenvalue weighted by molar-refractivity contribution is -0.126. The molecule has 2 rings (SSSR count). The number of nitrogens with zero attached hydrogens (tertiary/aromatic N) is 1. The molecule has 1 unspecified atom stereocenters. The minimum Gasteiger partial charge on any atom is -0.314 e. The molecule has 1 amide bonds. The smallest absolute Gasteiger partial charge is 0.240 e. The summed E-state index contributed by atoms with van der Waals surface area (Å²) in [5, 5.41) is 0. The molecule has 0 saturated heterocycles. The summed E-state index contributed by atoms with van der Waals surface area (Å²) in [6.07, 6.45) is 2.19. The van der Waals surface area contributed by atoms with E-state index in [1.165, 1.54) is 30.1 Å². The first-order valence-electron chi connectivity index (χ1n) is 5.08. The zero-order valence-corrected chi connectivity index (χ0v) is 11.2. The van der Waals surface area contributed by atoms with Gasteiger partial charge in [0.1, 0.15) is 11.6 Å². The summed E-state index contributed by atoms with van der Waals surface area (Å²) in [5.74, 6) is -1.43. The summed E-state index contributed by atoms with van der Waals surface area (Å²) in [4.78, 5) is 13.1. The summed E-state index contributed by atoms with van der Waals surface area (Å²) in [6.45, 7) is 0. The van der Waals surface area contributed by atoms with E-state index in [1.807, 2.05) is 22.6 Å². The maximum Gasteiger partial charge on any atom is 0.240 e. The Kier molecular flexibility index (Phi) is 3.46. The van der Waals surface area contributed by atoms with Crippen molar-refractivity contribution in [2.24, 2.45) is 0 Å². The summed E-state index contributed by atoms with van der Waals surface area (Å²) in [7, 11) is 1.53. The molecule has 0 bridgehead atoms. The zero-order chi connectivity index (χ0) is 12.6. The molecule has 90 valence electrons. The second-order valence-electron chi connectivity index (χ2n) is 3.79. The lowest BCUT2D eigenvalue weighted by atomic mass is 10.0. The fourth-order valence-corrected chi connectivity index (χ4v) is 2.47. The first-order chi connectivity index (χ1) is 8.02. The predicted molar refractivity (Wildman–Crippen MR) is 69.5 cm³/mol. The molecule has 17 heavy (non-hydrogen) atoms. The van der Waals surface area contributed by atoms with Gasteiger partial charge < -0.3 is 4.90 Å². The van der Waals surface area contributed by atoms with Gasteiger partial charge in [0, 0.05) is 7.05 Å². The maximum absolute atomic E-state index is 13.6. The number of amides is 1. The molecule has 1 aromatic rings. The average molecular weight is 349 g/mol. The fourth-order valence-electron chi connectivity index (χ4n) is 1.79. The molecular weight excluding hydrogens is 339 g/mol. The van der Waals surface area contributed by atoms with E-state index in [0.717, 1.165) is 0 Å². The minimum absolute atomic E-state index is 0.133. The molecule has 0 radical (unpaired) electrons. The molecular formula is C12H10F2INO. The molecule has 0 aromatic heterocycles. The van der Waals surface area contributed by atoms with Crippen LogP contribution in [0.25, 0.3) is 5.70 Å². The zero-order valence-electron chi connectivity index (χ0n) is 9.08. The standard InChI is InChI=1S/C12H10F2INO/c1-16-10(6-5-9(15)12(16)17)11-7(13)3-2-4-8(11)14/h2-4,6,9H,5H2,1H3. The number of carbonyl (C=O) groups is 1. The van der Waals surface area contributed by atoms with Crippen molar-refractivity contribution < 1.29 is 13.6 Å². The predicted octanol–water partition coefficient (Wildman–Crippen LogP) is 2.97. The number of hydrogen-bond donors (Lipinski definition) is 0. The molecule has 1 aliphatic heterocycles. The Labute approximate surface area is 111 Å². The monoisotopic (exact) mass is 349 g/mol. The third kappa shape index (κ3) is 2.20. The van der Waals surface area contributed by atoms with Crippen molar-refractivity contribution in [2.45, 2.75) is 10.3 Å². The van der Waals surface area contributed by atoms with E-state index < -0.39 is 11.6 Å². The molecule has 1 heterocycles. The van der Waals surface area contributed by atoms with Gasteiger partial charge in [0.25, 0.3) is 0 Å². The van der Waals surface area contributed by atoms with Gasteiger partial charge in [-0.05, 0) is 18.6 Å². The molecule has 2 nitrogen and oxygen atoms in total. The normalized spacial score (nSPS) is 20.5. The van der Waals surface area contributed by atoms with Gasteiger partial charge in [-0.1, -0.05) is 34.7 Å². The van der Waals surface area contributed by atoms with Crippen LogP contribution in [0.1, 0.15) is 12.0 Å². The summed E-state index contributed by atoms with van der Waals surface area (Å²) in [6, 6.07) is 3.68. The van der Waals surface area contributed by atoms with Crippen molar-refractivity contribution in [3.05, 3.63) is 41.5 Å². The number of benzene rings is 1. The van der Waals surface area contributed by atoms with Crippen molar-refractivity contribution in [1.82, 2.24) is 4.90 Å². The molecule has 1 atom stereocenters. The number of halogens is 3. The Morgan fingerprint density at radius 2 is 1.94 bits per heavy atom. The van der Waals surface area contributed by atoms with Crippen LogP contribution in [0.15, 0.2) is 24.3 Å². The Balaban J connectivity index is 2.51. The number of allylic oxidation sites excluding steroid dienone is 1. The minimum atomic E-state index is -0.650. The van der Waals surface area contributed by atoms with Crippen molar-refractivity contribution in [1.29, 1.82) is 0 Å². The van der Waals surface area contributed by atoms with Crippen LogP contribution in [0.2, 0.25) is 0 Å². The van der Waals surface area contributed by atoms with Crippen LogP contribution in [0.4, 0.5) is 8.78 Å². The van der Waals surface area contributed by atoms with E-state index in [9.17, 15) is 13.6 Å². The third-order valence-corrected chi connectivity index (χ3v) is 3.74. The van der Waals surface area contributed by atoms with Crippen molar-refractivity contribution in [3.63, 3.8) is 0 Å². The molecule has 0 N–H and O–H groups in total. The SMILES string of the molecule is CN1C(=O)C(I)CC=C1c1c(F)cccc1F. The quantitative estimate of drug-likeness (QED) is 0.564. The Bertz CT molecular complexity index is 481. The van der Waals surface area contributed by atoms with Crippen LogP contribution in [0, 0.1) is 11.6 Å². The molecule has 0 aliphatic carbocycles. The Hall–Kier alpha value is -0.980. The summed E-state index contributed by atoms with van der Waals surface area (Å²) < 4.78 is 27.1. The van der Waals surface area contributed by atoms with Crippen molar-refractivity contribution in [3.8, 4) is 0 Å². The van der Waals surface area contributed by atoms with Crippen molar-refractivity contribution in [2.75, 3.05) is 7.05 Å². The summed E-state index contributed by atoms with van der Waals surface area (Å²) in [5.41, 5.74) is 0.171. The van der Waals surface area contributed by atoms with Crippen LogP contribution in [-0.2, 0) is 4.79 Å². The highest BCUT2D eigenvalue weighted by Gasteiger charge is 2.28. The first kappa shape index (κ1) is 12.5. The lowest BCUT2D eigenvalue weighted by Crippen LogP contribution is -2.35. The first-order valence-corrected chi connectivity index (χ1v) is 6.33. The third-order valence-electron chi connectivity index (χ3n) is 2.70. The lowest BCUT2D eigenvalue weighted by Gasteiger charge is -2.28. The van der Waals surface area contributed by atoms with Crippen LogP contribution in [0.3, 0.4) is 0 Å². The molecule has 5 heteroatoms. The molecule has 0 saturated carbocycles. The van der Waals surface area contributed by atoms with E-state index in [4.69, 9.17) is 0 Å². The van der Waals surface area contributed by atoms with Crippen LogP contribution in [0.5, 0.6) is 0 Å². The highest BCUT2D eigenvalue weighted by Crippen LogP contribution is 2.30. The largest absolute Gasteiger partial charge is 0.314 e. The van der Waals surface area contributed by atoms with Gasteiger partial charge in [-0.25, -0.2) is 8.78 Å². The van der Waals surface area contributed by atoms with E-state index in [2.05, 4.69) is 0 Å². The van der Waals surface area contributed by atoms with E-state index in [1.54, 1.807) is 6.08 Å². The Morgan fingerprint density at radius 1 is 1.35 bits per heavy atom. The highest BCUT2D eigenvalue weighted by molar-refractivity contribution is 14.1. The molecule has 1 aromatic carbocycles. The topological polar surface area (TPSA) is 20.3 Å². The molecule has 0 spiro atoms. The van der Waals surface area contributed by atoms with Gasteiger partial charge in [-0.15, -0.1) is 0 Å². The van der Waals surface area contributed by atoms with Crippen molar-refractivity contribution >= 4 is 34.2 Å². The number of carbonyl (C=O) groups excluding carboxylic acids is 1. The average Bonchev–Trinajstić information content (AvgIpc) is 2.29. The molecule has 0 fully saturated rings. The van der Waals surface area contributed by atoms with Crippen LogP contribution >= 0.6 is 22.6 Å². The van der Waals surface area contributed by atoms with Gasteiger partial charge in [-0.2, -0.15) is 0 Å². The van der Waals surface area contributed by atoms with Gasteiger partial charge in [0.2, 0.25) is 5.91 Å². The van der Waals surface area contributed by atoms with Gasteiger partial charge in [-0.3, -0.25) is 4.79 Å². The molecule has 1 aliphatic rings. The van der Waals surface area contributed by atoms with E-state index >= 15 is 0 Å².